The van der Waals surface area contributed by atoms with Crippen LogP contribution in [0.15, 0.2) is 60.9 Å². The standard InChI is InChI=1S/C19H19FN6O/c20-16-6-8-17(9-7-16)24-10-12-25(13-11-24)19(27)18(26-14-21-22-23-26)15-4-2-1-3-5-15/h1-9,14,18H,10-13H2/t18-/m1/s1. The molecule has 7 nitrogen and oxygen atoms in total. The van der Waals surface area contributed by atoms with E-state index in [-0.39, 0.29) is 11.7 Å². The van der Waals surface area contributed by atoms with Gasteiger partial charge in [0.25, 0.3) is 5.91 Å². The largest absolute Gasteiger partial charge is 0.368 e. The molecule has 0 unspecified atom stereocenters. The monoisotopic (exact) mass is 366 g/mol. The second kappa shape index (κ2) is 7.53. The van der Waals surface area contributed by atoms with Gasteiger partial charge >= 0.3 is 0 Å². The zero-order chi connectivity index (χ0) is 18.6. The second-order valence-corrected chi connectivity index (χ2v) is 6.39. The van der Waals surface area contributed by atoms with Gasteiger partial charge in [-0.1, -0.05) is 30.3 Å². The van der Waals surface area contributed by atoms with Gasteiger partial charge in [0, 0.05) is 31.9 Å². The van der Waals surface area contributed by atoms with Gasteiger partial charge in [-0.05, 0) is 40.3 Å². The molecule has 138 valence electrons. The summed E-state index contributed by atoms with van der Waals surface area (Å²) >= 11 is 0. The van der Waals surface area contributed by atoms with Gasteiger partial charge in [-0.2, -0.15) is 0 Å². The maximum Gasteiger partial charge on any atom is 0.252 e. The van der Waals surface area contributed by atoms with Crippen molar-refractivity contribution in [3.8, 4) is 0 Å². The topological polar surface area (TPSA) is 67.2 Å². The highest BCUT2D eigenvalue weighted by Crippen LogP contribution is 2.22. The molecule has 0 bridgehead atoms. The number of aromatic nitrogens is 4. The van der Waals surface area contributed by atoms with Crippen LogP contribution in [0, 0.1) is 5.82 Å². The molecule has 1 amide bonds. The predicted octanol–water partition coefficient (Wildman–Crippen LogP) is 1.75. The minimum atomic E-state index is -0.585. The first-order valence-corrected chi connectivity index (χ1v) is 8.79. The first-order chi connectivity index (χ1) is 13.2. The molecule has 1 saturated heterocycles. The Labute approximate surface area is 156 Å². The highest BCUT2D eigenvalue weighted by Gasteiger charge is 2.30. The van der Waals surface area contributed by atoms with Crippen LogP contribution in [0.1, 0.15) is 11.6 Å². The van der Waals surface area contributed by atoms with Gasteiger partial charge in [-0.15, -0.1) is 5.10 Å². The van der Waals surface area contributed by atoms with E-state index in [4.69, 9.17) is 0 Å². The number of halogens is 1. The summed E-state index contributed by atoms with van der Waals surface area (Å²) in [5, 5.41) is 11.3. The number of amides is 1. The van der Waals surface area contributed by atoms with Crippen LogP contribution in [0.25, 0.3) is 0 Å². The van der Waals surface area contributed by atoms with E-state index in [0.29, 0.717) is 26.2 Å². The van der Waals surface area contributed by atoms with Crippen molar-refractivity contribution >= 4 is 11.6 Å². The zero-order valence-electron chi connectivity index (χ0n) is 14.6. The molecule has 27 heavy (non-hydrogen) atoms. The first-order valence-electron chi connectivity index (χ1n) is 8.79. The highest BCUT2D eigenvalue weighted by atomic mass is 19.1. The number of carbonyl (C=O) groups excluding carboxylic acids is 1. The second-order valence-electron chi connectivity index (χ2n) is 6.39. The number of hydrogen-bond donors (Lipinski definition) is 0. The number of hydrogen-bond acceptors (Lipinski definition) is 5. The van der Waals surface area contributed by atoms with Gasteiger partial charge in [0.1, 0.15) is 12.1 Å². The minimum absolute atomic E-state index is 0.0349. The van der Waals surface area contributed by atoms with Crippen LogP contribution in [0.2, 0.25) is 0 Å². The molecule has 1 atom stereocenters. The third-order valence-corrected chi connectivity index (χ3v) is 4.76. The summed E-state index contributed by atoms with van der Waals surface area (Å²) in [5.41, 5.74) is 1.80. The van der Waals surface area contributed by atoms with Crippen molar-refractivity contribution in [2.75, 3.05) is 31.1 Å². The van der Waals surface area contributed by atoms with Crippen LogP contribution in [-0.2, 0) is 4.79 Å². The van der Waals surface area contributed by atoms with E-state index < -0.39 is 6.04 Å². The van der Waals surface area contributed by atoms with Crippen molar-refractivity contribution < 1.29 is 9.18 Å². The summed E-state index contributed by atoms with van der Waals surface area (Å²) in [6, 6.07) is 15.4. The molecule has 3 aromatic rings. The maximum absolute atomic E-state index is 13.2. The van der Waals surface area contributed by atoms with Gasteiger partial charge in [-0.3, -0.25) is 4.79 Å². The summed E-state index contributed by atoms with van der Waals surface area (Å²) in [5.74, 6) is -0.285. The molecule has 2 aromatic carbocycles. The van der Waals surface area contributed by atoms with Crippen molar-refractivity contribution in [2.24, 2.45) is 0 Å². The van der Waals surface area contributed by atoms with E-state index in [1.165, 1.54) is 23.1 Å². The van der Waals surface area contributed by atoms with E-state index >= 15 is 0 Å². The van der Waals surface area contributed by atoms with Crippen LogP contribution in [-0.4, -0.2) is 57.2 Å². The van der Waals surface area contributed by atoms with Crippen molar-refractivity contribution in [1.82, 2.24) is 25.1 Å². The Hall–Kier alpha value is -3.29. The Kier molecular flexibility index (Phi) is 4.78. The molecule has 8 heteroatoms. The average Bonchev–Trinajstić information content (AvgIpc) is 3.24. The molecule has 0 radical (unpaired) electrons. The van der Waals surface area contributed by atoms with E-state index in [0.717, 1.165) is 11.3 Å². The molecular weight excluding hydrogens is 347 g/mol. The quantitative estimate of drug-likeness (QED) is 0.704. The van der Waals surface area contributed by atoms with Gasteiger partial charge < -0.3 is 9.80 Å². The third kappa shape index (κ3) is 3.64. The maximum atomic E-state index is 13.2. The first kappa shape index (κ1) is 17.1. The molecule has 1 aromatic heterocycles. The lowest BCUT2D eigenvalue weighted by Crippen LogP contribution is -2.50. The molecule has 0 spiro atoms. The summed E-state index contributed by atoms with van der Waals surface area (Å²) in [4.78, 5) is 17.2. The third-order valence-electron chi connectivity index (χ3n) is 4.76. The lowest BCUT2D eigenvalue weighted by molar-refractivity contribution is -0.134. The normalized spacial score (nSPS) is 15.6. The molecule has 1 aliphatic rings. The number of anilines is 1. The summed E-state index contributed by atoms with van der Waals surface area (Å²) < 4.78 is 14.6. The number of carbonyl (C=O) groups is 1. The number of rotatable bonds is 4. The van der Waals surface area contributed by atoms with Crippen LogP contribution in [0.5, 0.6) is 0 Å². The van der Waals surface area contributed by atoms with Gasteiger partial charge in [0.05, 0.1) is 0 Å². The minimum Gasteiger partial charge on any atom is -0.368 e. The van der Waals surface area contributed by atoms with Crippen LogP contribution in [0.4, 0.5) is 10.1 Å². The van der Waals surface area contributed by atoms with Crippen LogP contribution in [0.3, 0.4) is 0 Å². The van der Waals surface area contributed by atoms with E-state index in [2.05, 4.69) is 20.4 Å². The van der Waals surface area contributed by atoms with Crippen LogP contribution >= 0.6 is 0 Å². The molecule has 1 fully saturated rings. The SMILES string of the molecule is O=C([C@@H](c1ccccc1)n1cnnn1)N1CCN(c2ccc(F)cc2)CC1. The molecular formula is C19H19FN6O. The zero-order valence-corrected chi connectivity index (χ0v) is 14.6. The van der Waals surface area contributed by atoms with Gasteiger partial charge in [0.2, 0.25) is 0 Å². The molecule has 2 heterocycles. The summed E-state index contributed by atoms with van der Waals surface area (Å²) in [6.07, 6.45) is 1.46. The Balaban J connectivity index is 1.49. The summed E-state index contributed by atoms with van der Waals surface area (Å²) in [7, 11) is 0. The average molecular weight is 366 g/mol. The fourth-order valence-corrected chi connectivity index (χ4v) is 3.34. The van der Waals surface area contributed by atoms with Gasteiger partial charge in [-0.25, -0.2) is 9.07 Å². The van der Waals surface area contributed by atoms with Crippen LogP contribution < -0.4 is 4.90 Å². The number of piperazine rings is 1. The van der Waals surface area contributed by atoms with Crippen molar-refractivity contribution in [3.63, 3.8) is 0 Å². The Morgan fingerprint density at radius 1 is 0.963 bits per heavy atom. The molecule has 0 aliphatic carbocycles. The molecule has 1 aliphatic heterocycles. The Morgan fingerprint density at radius 3 is 2.30 bits per heavy atom. The molecule has 4 rings (SSSR count). The fourth-order valence-electron chi connectivity index (χ4n) is 3.34. The smallest absolute Gasteiger partial charge is 0.252 e. The predicted molar refractivity (Wildman–Crippen MR) is 97.6 cm³/mol. The lowest BCUT2D eigenvalue weighted by Gasteiger charge is -2.37. The number of benzene rings is 2. The number of nitrogens with zero attached hydrogens (tertiary/aromatic N) is 6. The van der Waals surface area contributed by atoms with E-state index in [1.807, 2.05) is 35.2 Å². The van der Waals surface area contributed by atoms with Crippen molar-refractivity contribution in [2.45, 2.75) is 6.04 Å². The van der Waals surface area contributed by atoms with Crippen molar-refractivity contribution in [1.29, 1.82) is 0 Å². The Morgan fingerprint density at radius 2 is 1.67 bits per heavy atom. The van der Waals surface area contributed by atoms with Crippen molar-refractivity contribution in [3.05, 3.63) is 72.3 Å². The van der Waals surface area contributed by atoms with Gasteiger partial charge in [0.15, 0.2) is 6.04 Å². The molecule has 0 N–H and O–H groups in total. The van der Waals surface area contributed by atoms with E-state index in [9.17, 15) is 9.18 Å². The Bertz CT molecular complexity index is 876. The summed E-state index contributed by atoms with van der Waals surface area (Å²) in [6.45, 7) is 2.55. The molecule has 0 saturated carbocycles. The van der Waals surface area contributed by atoms with E-state index in [1.54, 1.807) is 12.1 Å². The number of tetrazole rings is 1. The highest BCUT2D eigenvalue weighted by molar-refractivity contribution is 5.83. The fraction of sp³-hybridized carbons (Fsp3) is 0.263. The lowest BCUT2D eigenvalue weighted by atomic mass is 10.1.